The van der Waals surface area contributed by atoms with Gasteiger partial charge in [-0.3, -0.25) is 15.0 Å². The first-order valence-corrected chi connectivity index (χ1v) is 7.35. The van der Waals surface area contributed by atoms with E-state index in [1.807, 2.05) is 6.07 Å². The Kier molecular flexibility index (Phi) is 5.14. The van der Waals surface area contributed by atoms with Crippen LogP contribution in [0, 0.1) is 10.1 Å². The molecule has 6 heteroatoms. The molecule has 1 aromatic carbocycles. The summed E-state index contributed by atoms with van der Waals surface area (Å²) >= 11 is 0. The van der Waals surface area contributed by atoms with E-state index in [4.69, 9.17) is 4.74 Å². The van der Waals surface area contributed by atoms with Crippen LogP contribution in [0.2, 0.25) is 0 Å². The van der Waals surface area contributed by atoms with Crippen LogP contribution in [0.3, 0.4) is 0 Å². The smallest absolute Gasteiger partial charge is 0.292 e. The highest BCUT2D eigenvalue weighted by molar-refractivity contribution is 5.62. The summed E-state index contributed by atoms with van der Waals surface area (Å²) in [5, 5.41) is 14.0. The number of nitro groups is 1. The van der Waals surface area contributed by atoms with Crippen LogP contribution in [-0.2, 0) is 11.3 Å². The second kappa shape index (κ2) is 6.87. The molecule has 1 heterocycles. The van der Waals surface area contributed by atoms with Crippen molar-refractivity contribution in [3.63, 3.8) is 0 Å². The molecule has 2 atom stereocenters. The fourth-order valence-electron chi connectivity index (χ4n) is 2.76. The molecule has 2 unspecified atom stereocenters. The summed E-state index contributed by atoms with van der Waals surface area (Å²) in [6.07, 6.45) is 1.23. The molecule has 0 bridgehead atoms. The minimum atomic E-state index is -0.339. The zero-order valence-electron chi connectivity index (χ0n) is 12.8. The first-order chi connectivity index (χ1) is 10.0. The highest BCUT2D eigenvalue weighted by Crippen LogP contribution is 2.26. The van der Waals surface area contributed by atoms with Crippen molar-refractivity contribution in [1.82, 2.24) is 4.90 Å². The van der Waals surface area contributed by atoms with Crippen LogP contribution in [0.25, 0.3) is 0 Å². The standard InChI is InChI=1S/C15H23N3O3/c1-4-13-10-21-11(2)8-17(13)9-12-5-6-14(16-3)15(7-12)18(19)20/h5-7,11,13,16H,4,8-10H2,1-3H3. The van der Waals surface area contributed by atoms with E-state index in [0.717, 1.165) is 31.7 Å². The molecule has 1 N–H and O–H groups in total. The molecule has 1 aliphatic heterocycles. The second-order valence-electron chi connectivity index (χ2n) is 5.49. The van der Waals surface area contributed by atoms with Gasteiger partial charge in [0.05, 0.1) is 17.6 Å². The lowest BCUT2D eigenvalue weighted by molar-refractivity contribution is -0.384. The molecule has 1 aliphatic rings. The lowest BCUT2D eigenvalue weighted by Gasteiger charge is -2.38. The third kappa shape index (κ3) is 3.71. The van der Waals surface area contributed by atoms with E-state index in [1.165, 1.54) is 0 Å². The summed E-state index contributed by atoms with van der Waals surface area (Å²) in [6.45, 7) is 6.51. The number of benzene rings is 1. The number of nitro benzene ring substituents is 1. The molecular formula is C15H23N3O3. The van der Waals surface area contributed by atoms with Gasteiger partial charge in [0.1, 0.15) is 5.69 Å². The lowest BCUT2D eigenvalue weighted by Crippen LogP contribution is -2.47. The summed E-state index contributed by atoms with van der Waals surface area (Å²) in [7, 11) is 1.69. The van der Waals surface area contributed by atoms with Gasteiger partial charge >= 0.3 is 0 Å². The Labute approximate surface area is 125 Å². The van der Waals surface area contributed by atoms with Crippen LogP contribution in [0.15, 0.2) is 18.2 Å². The largest absolute Gasteiger partial charge is 0.383 e. The van der Waals surface area contributed by atoms with E-state index in [0.29, 0.717) is 11.7 Å². The number of hydrogen-bond acceptors (Lipinski definition) is 5. The summed E-state index contributed by atoms with van der Waals surface area (Å²) < 4.78 is 5.69. The summed E-state index contributed by atoms with van der Waals surface area (Å²) in [5.74, 6) is 0. The fraction of sp³-hybridized carbons (Fsp3) is 0.600. The van der Waals surface area contributed by atoms with Gasteiger partial charge in [0.15, 0.2) is 0 Å². The van der Waals surface area contributed by atoms with Gasteiger partial charge in [-0.15, -0.1) is 0 Å². The molecule has 0 spiro atoms. The van der Waals surface area contributed by atoms with Crippen molar-refractivity contribution in [2.45, 2.75) is 39.0 Å². The fourth-order valence-corrected chi connectivity index (χ4v) is 2.76. The number of anilines is 1. The maximum Gasteiger partial charge on any atom is 0.292 e. The van der Waals surface area contributed by atoms with Crippen LogP contribution >= 0.6 is 0 Å². The first kappa shape index (κ1) is 15.7. The van der Waals surface area contributed by atoms with Gasteiger partial charge in [-0.05, 0) is 25.0 Å². The molecule has 0 aliphatic carbocycles. The van der Waals surface area contributed by atoms with Gasteiger partial charge in [0.25, 0.3) is 5.69 Å². The summed E-state index contributed by atoms with van der Waals surface area (Å²) in [6, 6.07) is 5.77. The maximum absolute atomic E-state index is 11.1. The van der Waals surface area contributed by atoms with E-state index in [9.17, 15) is 10.1 Å². The van der Waals surface area contributed by atoms with Crippen LogP contribution in [0.5, 0.6) is 0 Å². The molecule has 0 saturated carbocycles. The predicted molar refractivity (Wildman–Crippen MR) is 82.5 cm³/mol. The minimum absolute atomic E-state index is 0.129. The molecule has 0 aromatic heterocycles. The van der Waals surface area contributed by atoms with Crippen molar-refractivity contribution in [1.29, 1.82) is 0 Å². The Morgan fingerprint density at radius 1 is 1.52 bits per heavy atom. The van der Waals surface area contributed by atoms with Crippen molar-refractivity contribution < 1.29 is 9.66 Å². The van der Waals surface area contributed by atoms with Crippen molar-refractivity contribution in [3.8, 4) is 0 Å². The van der Waals surface area contributed by atoms with Gasteiger partial charge in [-0.2, -0.15) is 0 Å². The number of nitrogens with zero attached hydrogens (tertiary/aromatic N) is 2. The third-order valence-corrected chi connectivity index (χ3v) is 3.97. The molecule has 6 nitrogen and oxygen atoms in total. The third-order valence-electron chi connectivity index (χ3n) is 3.97. The molecule has 1 aromatic rings. The molecule has 0 amide bonds. The second-order valence-corrected chi connectivity index (χ2v) is 5.49. The highest BCUT2D eigenvalue weighted by Gasteiger charge is 2.26. The van der Waals surface area contributed by atoms with Crippen molar-refractivity contribution in [2.24, 2.45) is 0 Å². The minimum Gasteiger partial charge on any atom is -0.383 e. The van der Waals surface area contributed by atoms with Crippen molar-refractivity contribution >= 4 is 11.4 Å². The SMILES string of the molecule is CCC1COC(C)CN1Cc1ccc(NC)c([N+](=O)[O-])c1. The van der Waals surface area contributed by atoms with Crippen LogP contribution in [0.4, 0.5) is 11.4 Å². The van der Waals surface area contributed by atoms with Gasteiger partial charge < -0.3 is 10.1 Å². The Bertz CT molecular complexity index is 507. The predicted octanol–water partition coefficient (Wildman–Crippen LogP) is 2.64. The van der Waals surface area contributed by atoms with Gasteiger partial charge in [-0.1, -0.05) is 13.0 Å². The van der Waals surface area contributed by atoms with Gasteiger partial charge in [0.2, 0.25) is 0 Å². The zero-order valence-corrected chi connectivity index (χ0v) is 12.8. The average molecular weight is 293 g/mol. The topological polar surface area (TPSA) is 67.6 Å². The first-order valence-electron chi connectivity index (χ1n) is 7.35. The van der Waals surface area contributed by atoms with E-state index >= 15 is 0 Å². The molecular weight excluding hydrogens is 270 g/mol. The monoisotopic (exact) mass is 293 g/mol. The van der Waals surface area contributed by atoms with Crippen molar-refractivity contribution in [2.75, 3.05) is 25.5 Å². The Balaban J connectivity index is 2.18. The van der Waals surface area contributed by atoms with E-state index < -0.39 is 0 Å². The van der Waals surface area contributed by atoms with Crippen LogP contribution < -0.4 is 5.32 Å². The Morgan fingerprint density at radius 2 is 2.29 bits per heavy atom. The maximum atomic E-state index is 11.1. The van der Waals surface area contributed by atoms with Crippen LogP contribution in [0.1, 0.15) is 25.8 Å². The summed E-state index contributed by atoms with van der Waals surface area (Å²) in [5.41, 5.74) is 1.64. The quantitative estimate of drug-likeness (QED) is 0.667. The van der Waals surface area contributed by atoms with E-state index in [1.54, 1.807) is 19.2 Å². The van der Waals surface area contributed by atoms with Crippen molar-refractivity contribution in [3.05, 3.63) is 33.9 Å². The molecule has 1 fully saturated rings. The highest BCUT2D eigenvalue weighted by atomic mass is 16.6. The Morgan fingerprint density at radius 3 is 2.90 bits per heavy atom. The lowest BCUT2D eigenvalue weighted by atomic mass is 10.1. The van der Waals surface area contributed by atoms with E-state index in [2.05, 4.69) is 24.1 Å². The van der Waals surface area contributed by atoms with Gasteiger partial charge in [-0.25, -0.2) is 0 Å². The molecule has 0 radical (unpaired) electrons. The molecule has 21 heavy (non-hydrogen) atoms. The average Bonchev–Trinajstić information content (AvgIpc) is 2.47. The zero-order chi connectivity index (χ0) is 15.4. The Hall–Kier alpha value is -1.66. The molecule has 116 valence electrons. The number of morpholine rings is 1. The number of nitrogens with one attached hydrogen (secondary N) is 1. The number of ether oxygens (including phenoxy) is 1. The molecule has 2 rings (SSSR count). The number of rotatable bonds is 5. The summed E-state index contributed by atoms with van der Waals surface area (Å²) in [4.78, 5) is 13.1. The van der Waals surface area contributed by atoms with Gasteiger partial charge in [0, 0.05) is 32.2 Å². The van der Waals surface area contributed by atoms with Crippen LogP contribution in [-0.4, -0.2) is 42.2 Å². The molecule has 1 saturated heterocycles. The normalized spacial score (nSPS) is 23.0. The van der Waals surface area contributed by atoms with E-state index in [-0.39, 0.29) is 16.7 Å². The number of hydrogen-bond donors (Lipinski definition) is 1.